The Morgan fingerprint density at radius 2 is 2.00 bits per heavy atom. The van der Waals surface area contributed by atoms with Gasteiger partial charge in [0.2, 0.25) is 0 Å². The third kappa shape index (κ3) is 5.45. The van der Waals surface area contributed by atoms with Crippen LogP contribution >= 0.6 is 0 Å². The highest BCUT2D eigenvalue weighted by molar-refractivity contribution is 5.83. The fourth-order valence-electron chi connectivity index (χ4n) is 2.79. The Morgan fingerprint density at radius 3 is 2.76 bits per heavy atom. The molecular formula is C21H27FO3. The van der Waals surface area contributed by atoms with Gasteiger partial charge < -0.3 is 9.15 Å². The van der Waals surface area contributed by atoms with Crippen molar-refractivity contribution in [3.63, 3.8) is 0 Å². The number of aryl methyl sites for hydroxylation is 1. The van der Waals surface area contributed by atoms with Crippen molar-refractivity contribution in [3.8, 4) is 5.75 Å². The Bertz CT molecular complexity index is 762. The Balaban J connectivity index is 2.09. The average Bonchev–Trinajstić information content (AvgIpc) is 2.59. The van der Waals surface area contributed by atoms with Crippen LogP contribution in [0.25, 0.3) is 10.8 Å². The van der Waals surface area contributed by atoms with Gasteiger partial charge in [-0.25, -0.2) is 9.18 Å². The molecule has 0 fully saturated rings. The summed E-state index contributed by atoms with van der Waals surface area (Å²) in [7, 11) is 0. The fraction of sp³-hybridized carbons (Fsp3) is 0.476. The van der Waals surface area contributed by atoms with Crippen LogP contribution in [0.4, 0.5) is 4.39 Å². The topological polar surface area (TPSA) is 39.4 Å². The molecule has 2 aromatic rings. The smallest absolute Gasteiger partial charge is 0.346 e. The van der Waals surface area contributed by atoms with Crippen LogP contribution < -0.4 is 10.4 Å². The van der Waals surface area contributed by atoms with Crippen molar-refractivity contribution in [3.05, 3.63) is 52.3 Å². The summed E-state index contributed by atoms with van der Waals surface area (Å²) in [6.45, 7) is 4.56. The van der Waals surface area contributed by atoms with Crippen molar-refractivity contribution in [2.75, 3.05) is 6.61 Å². The molecule has 0 saturated heterocycles. The molecule has 1 aromatic carbocycles. The highest BCUT2D eigenvalue weighted by atomic mass is 19.1. The van der Waals surface area contributed by atoms with Crippen molar-refractivity contribution in [2.45, 2.75) is 58.8 Å². The predicted octanol–water partition coefficient (Wildman–Crippen LogP) is 5.79. The van der Waals surface area contributed by atoms with Gasteiger partial charge in [0.05, 0.1) is 6.61 Å². The number of allylic oxidation sites excluding steroid dienone is 2. The van der Waals surface area contributed by atoms with Gasteiger partial charge in [0.1, 0.15) is 11.1 Å². The van der Waals surface area contributed by atoms with E-state index in [1.807, 2.05) is 19.1 Å². The lowest BCUT2D eigenvalue weighted by molar-refractivity contribution is 0.291. The maximum atomic E-state index is 14.6. The number of fused-ring (bicyclic) bond motifs is 1. The molecule has 4 heteroatoms. The van der Waals surface area contributed by atoms with Crippen LogP contribution in [0.1, 0.15) is 58.1 Å². The van der Waals surface area contributed by atoms with Crippen LogP contribution in [0.5, 0.6) is 5.75 Å². The van der Waals surface area contributed by atoms with E-state index in [0.29, 0.717) is 24.2 Å². The SMILES string of the molecule is C/C=C/CCc1cc2ccc(OCCCCCCC)c(F)c2c(=O)o1. The zero-order chi connectivity index (χ0) is 18.1. The van der Waals surface area contributed by atoms with Crippen molar-refractivity contribution < 1.29 is 13.5 Å². The van der Waals surface area contributed by atoms with E-state index in [4.69, 9.17) is 9.15 Å². The van der Waals surface area contributed by atoms with Gasteiger partial charge in [0.15, 0.2) is 11.6 Å². The number of rotatable bonds is 10. The molecule has 0 spiro atoms. The van der Waals surface area contributed by atoms with E-state index in [2.05, 4.69) is 6.92 Å². The number of unbranched alkanes of at least 4 members (excludes halogenated alkanes) is 4. The summed E-state index contributed by atoms with van der Waals surface area (Å²) in [5, 5.41) is 0.526. The van der Waals surface area contributed by atoms with Gasteiger partial charge in [0.25, 0.3) is 0 Å². The first kappa shape index (κ1) is 19.2. The molecule has 0 amide bonds. The third-order valence-corrected chi connectivity index (χ3v) is 4.18. The van der Waals surface area contributed by atoms with Gasteiger partial charge in [-0.1, -0.05) is 50.8 Å². The monoisotopic (exact) mass is 346 g/mol. The minimum absolute atomic E-state index is 0.0294. The van der Waals surface area contributed by atoms with Gasteiger partial charge in [-0.05, 0) is 37.3 Å². The fourth-order valence-corrected chi connectivity index (χ4v) is 2.79. The van der Waals surface area contributed by atoms with E-state index < -0.39 is 11.4 Å². The number of benzene rings is 1. The molecule has 0 radical (unpaired) electrons. The Labute approximate surface area is 148 Å². The molecule has 0 unspecified atom stereocenters. The second kappa shape index (κ2) is 10.0. The van der Waals surface area contributed by atoms with Gasteiger partial charge in [-0.15, -0.1) is 0 Å². The molecule has 25 heavy (non-hydrogen) atoms. The second-order valence-corrected chi connectivity index (χ2v) is 6.21. The highest BCUT2D eigenvalue weighted by Crippen LogP contribution is 2.25. The third-order valence-electron chi connectivity index (χ3n) is 4.18. The number of hydrogen-bond donors (Lipinski definition) is 0. The van der Waals surface area contributed by atoms with Crippen LogP contribution in [-0.4, -0.2) is 6.61 Å². The predicted molar refractivity (Wildman–Crippen MR) is 99.8 cm³/mol. The van der Waals surface area contributed by atoms with Crippen molar-refractivity contribution in [2.24, 2.45) is 0 Å². The van der Waals surface area contributed by atoms with Crippen LogP contribution in [0.3, 0.4) is 0 Å². The van der Waals surface area contributed by atoms with E-state index in [9.17, 15) is 9.18 Å². The summed E-state index contributed by atoms with van der Waals surface area (Å²) in [5.41, 5.74) is -0.640. The molecule has 0 bridgehead atoms. The molecule has 0 atom stereocenters. The van der Waals surface area contributed by atoms with Gasteiger partial charge >= 0.3 is 5.63 Å². The minimum Gasteiger partial charge on any atom is -0.490 e. The molecule has 2 rings (SSSR count). The second-order valence-electron chi connectivity index (χ2n) is 6.21. The molecule has 1 heterocycles. The first-order chi connectivity index (χ1) is 12.2. The van der Waals surface area contributed by atoms with Gasteiger partial charge in [-0.3, -0.25) is 0 Å². The molecule has 3 nitrogen and oxygen atoms in total. The van der Waals surface area contributed by atoms with Crippen molar-refractivity contribution in [1.82, 2.24) is 0 Å². The summed E-state index contributed by atoms with van der Waals surface area (Å²) in [4.78, 5) is 12.2. The lowest BCUT2D eigenvalue weighted by atomic mass is 10.1. The Hall–Kier alpha value is -2.10. The van der Waals surface area contributed by atoms with Crippen LogP contribution in [0.2, 0.25) is 0 Å². The standard InChI is InChI=1S/C21H27FO3/c1-3-5-7-8-10-14-24-18-13-12-16-15-17(11-9-6-4-2)25-21(23)19(16)20(18)22/h4,6,12-13,15H,3,5,7-11,14H2,1-2H3/b6-4+. The van der Waals surface area contributed by atoms with E-state index >= 15 is 0 Å². The van der Waals surface area contributed by atoms with Crippen LogP contribution in [0.15, 0.2) is 39.6 Å². The molecular weight excluding hydrogens is 319 g/mol. The minimum atomic E-state index is -0.640. The van der Waals surface area contributed by atoms with E-state index in [1.54, 1.807) is 18.2 Å². The quantitative estimate of drug-likeness (QED) is 0.404. The molecule has 136 valence electrons. The Kier molecular flexibility index (Phi) is 7.71. The summed E-state index contributed by atoms with van der Waals surface area (Å²) in [5.74, 6) is 0.0661. The van der Waals surface area contributed by atoms with E-state index in [-0.39, 0.29) is 11.1 Å². The molecule has 0 saturated carbocycles. The molecule has 0 aliphatic carbocycles. The first-order valence-electron chi connectivity index (χ1n) is 9.16. The maximum Gasteiger partial charge on any atom is 0.346 e. The molecule has 0 N–H and O–H groups in total. The zero-order valence-corrected chi connectivity index (χ0v) is 15.1. The van der Waals surface area contributed by atoms with Gasteiger partial charge in [0, 0.05) is 6.42 Å². The summed E-state index contributed by atoms with van der Waals surface area (Å²) < 4.78 is 25.4. The van der Waals surface area contributed by atoms with Crippen LogP contribution in [-0.2, 0) is 6.42 Å². The molecule has 0 aliphatic rings. The largest absolute Gasteiger partial charge is 0.490 e. The Morgan fingerprint density at radius 1 is 1.20 bits per heavy atom. The van der Waals surface area contributed by atoms with Crippen molar-refractivity contribution in [1.29, 1.82) is 0 Å². The number of hydrogen-bond acceptors (Lipinski definition) is 3. The average molecular weight is 346 g/mol. The lowest BCUT2D eigenvalue weighted by Gasteiger charge is -2.09. The summed E-state index contributed by atoms with van der Waals surface area (Å²) >= 11 is 0. The maximum absolute atomic E-state index is 14.6. The number of ether oxygens (including phenoxy) is 1. The van der Waals surface area contributed by atoms with Crippen molar-refractivity contribution >= 4 is 10.8 Å². The normalized spacial score (nSPS) is 11.5. The zero-order valence-electron chi connectivity index (χ0n) is 15.1. The lowest BCUT2D eigenvalue weighted by Crippen LogP contribution is -2.07. The summed E-state index contributed by atoms with van der Waals surface area (Å²) in [6, 6.07) is 5.05. The molecule has 0 aliphatic heterocycles. The summed E-state index contributed by atoms with van der Waals surface area (Å²) in [6.07, 6.45) is 10.9. The van der Waals surface area contributed by atoms with Crippen LogP contribution in [0, 0.1) is 5.82 Å². The number of halogens is 1. The first-order valence-corrected chi connectivity index (χ1v) is 9.16. The van der Waals surface area contributed by atoms with E-state index in [1.165, 1.54) is 19.3 Å². The molecule has 1 aromatic heterocycles. The highest BCUT2D eigenvalue weighted by Gasteiger charge is 2.14. The van der Waals surface area contributed by atoms with Gasteiger partial charge in [-0.2, -0.15) is 0 Å². The van der Waals surface area contributed by atoms with E-state index in [0.717, 1.165) is 19.3 Å².